The van der Waals surface area contributed by atoms with Crippen LogP contribution in [0.5, 0.6) is 0 Å². The van der Waals surface area contributed by atoms with E-state index in [4.69, 9.17) is 11.6 Å². The predicted molar refractivity (Wildman–Crippen MR) is 111 cm³/mol. The minimum absolute atomic E-state index is 0. The van der Waals surface area contributed by atoms with Crippen LogP contribution in [-0.4, -0.2) is 18.5 Å². The van der Waals surface area contributed by atoms with E-state index < -0.39 is 0 Å². The molecular formula is C21H37Cl2N. The van der Waals surface area contributed by atoms with Crippen molar-refractivity contribution in [3.8, 4) is 0 Å². The molecule has 0 unspecified atom stereocenters. The molecule has 0 aliphatic carbocycles. The van der Waals surface area contributed by atoms with E-state index in [9.17, 15) is 0 Å². The van der Waals surface area contributed by atoms with Gasteiger partial charge < -0.3 is 4.90 Å². The van der Waals surface area contributed by atoms with Crippen LogP contribution in [0.3, 0.4) is 0 Å². The minimum Gasteiger partial charge on any atom is -0.302 e. The molecule has 0 radical (unpaired) electrons. The fourth-order valence-electron chi connectivity index (χ4n) is 2.99. The number of rotatable bonds is 14. The first kappa shape index (κ1) is 23.8. The molecule has 0 aliphatic rings. The van der Waals surface area contributed by atoms with Gasteiger partial charge >= 0.3 is 0 Å². The summed E-state index contributed by atoms with van der Waals surface area (Å²) in [5, 5.41) is 0. The number of unbranched alkanes of at least 4 members (excludes halogenated alkanes) is 9. The Morgan fingerprint density at radius 3 is 1.71 bits per heavy atom. The number of hydrogen-bond donors (Lipinski definition) is 0. The van der Waals surface area contributed by atoms with Gasteiger partial charge in [0.05, 0.1) is 0 Å². The van der Waals surface area contributed by atoms with E-state index in [1.54, 1.807) is 0 Å². The van der Waals surface area contributed by atoms with Gasteiger partial charge in [0.25, 0.3) is 0 Å². The van der Waals surface area contributed by atoms with Crippen molar-refractivity contribution in [2.75, 3.05) is 13.6 Å². The lowest BCUT2D eigenvalue weighted by Gasteiger charge is -2.16. The molecule has 0 atom stereocenters. The Balaban J connectivity index is 0.00000529. The molecule has 0 amide bonds. The van der Waals surface area contributed by atoms with Crippen molar-refractivity contribution in [3.05, 3.63) is 35.4 Å². The van der Waals surface area contributed by atoms with E-state index in [0.717, 1.165) is 6.54 Å². The predicted octanol–water partition coefficient (Wildman–Crippen LogP) is 7.20. The maximum atomic E-state index is 5.83. The quantitative estimate of drug-likeness (QED) is 0.246. The van der Waals surface area contributed by atoms with Crippen molar-refractivity contribution in [1.82, 2.24) is 4.90 Å². The summed E-state index contributed by atoms with van der Waals surface area (Å²) in [4.78, 5) is 2.43. The van der Waals surface area contributed by atoms with E-state index in [0.29, 0.717) is 5.88 Å². The van der Waals surface area contributed by atoms with Crippen LogP contribution >= 0.6 is 24.0 Å². The second kappa shape index (κ2) is 16.2. The molecule has 1 rings (SSSR count). The van der Waals surface area contributed by atoms with Gasteiger partial charge in [0, 0.05) is 12.4 Å². The largest absolute Gasteiger partial charge is 0.302 e. The second-order valence-corrected chi connectivity index (χ2v) is 7.14. The smallest absolute Gasteiger partial charge is 0.0474 e. The number of hydrogen-bond acceptors (Lipinski definition) is 1. The van der Waals surface area contributed by atoms with E-state index in [1.807, 2.05) is 0 Å². The molecular weight excluding hydrogens is 337 g/mol. The summed E-state index contributed by atoms with van der Waals surface area (Å²) in [7, 11) is 2.23. The van der Waals surface area contributed by atoms with Crippen LogP contribution in [0.2, 0.25) is 0 Å². The standard InChI is InChI=1S/C21H36ClN.ClH/c1-3-4-5-6-7-8-9-10-11-12-17-23(2)19-21-15-13-20(18-22)14-16-21;/h13-16H,3-12,17-19H2,1-2H3;1H. The van der Waals surface area contributed by atoms with Gasteiger partial charge in [0.15, 0.2) is 0 Å². The number of halogens is 2. The summed E-state index contributed by atoms with van der Waals surface area (Å²) in [5.74, 6) is 0.606. The van der Waals surface area contributed by atoms with Crippen LogP contribution in [0.1, 0.15) is 82.3 Å². The van der Waals surface area contributed by atoms with Gasteiger partial charge in [0.2, 0.25) is 0 Å². The molecule has 0 aromatic heterocycles. The summed E-state index contributed by atoms with van der Waals surface area (Å²) < 4.78 is 0. The van der Waals surface area contributed by atoms with E-state index in [2.05, 4.69) is 43.1 Å². The van der Waals surface area contributed by atoms with Crippen LogP contribution in [0, 0.1) is 0 Å². The summed E-state index contributed by atoms with van der Waals surface area (Å²) >= 11 is 5.83. The molecule has 0 aliphatic heterocycles. The molecule has 140 valence electrons. The van der Waals surface area contributed by atoms with Crippen molar-refractivity contribution < 1.29 is 0 Å². The van der Waals surface area contributed by atoms with Gasteiger partial charge in [-0.25, -0.2) is 0 Å². The zero-order valence-electron chi connectivity index (χ0n) is 15.7. The maximum absolute atomic E-state index is 5.83. The molecule has 0 fully saturated rings. The van der Waals surface area contributed by atoms with Gasteiger partial charge in [-0.1, -0.05) is 89.0 Å². The molecule has 3 heteroatoms. The van der Waals surface area contributed by atoms with Crippen LogP contribution in [0.15, 0.2) is 24.3 Å². The van der Waals surface area contributed by atoms with Gasteiger partial charge in [-0.05, 0) is 31.1 Å². The molecule has 24 heavy (non-hydrogen) atoms. The van der Waals surface area contributed by atoms with Crippen molar-refractivity contribution in [2.24, 2.45) is 0 Å². The topological polar surface area (TPSA) is 3.24 Å². The summed E-state index contributed by atoms with van der Waals surface area (Å²) in [6.07, 6.45) is 14.1. The first-order valence-corrected chi connectivity index (χ1v) is 10.1. The number of alkyl halides is 1. The van der Waals surface area contributed by atoms with Gasteiger partial charge in [-0.2, -0.15) is 0 Å². The fourth-order valence-corrected chi connectivity index (χ4v) is 3.17. The Labute approximate surface area is 161 Å². The third-order valence-corrected chi connectivity index (χ3v) is 4.83. The molecule has 0 heterocycles. The molecule has 0 bridgehead atoms. The third kappa shape index (κ3) is 12.2. The first-order chi connectivity index (χ1) is 11.3. The number of benzene rings is 1. The van der Waals surface area contributed by atoms with Crippen molar-refractivity contribution in [1.29, 1.82) is 0 Å². The fraction of sp³-hybridized carbons (Fsp3) is 0.714. The molecule has 0 saturated carbocycles. The van der Waals surface area contributed by atoms with E-state index in [1.165, 1.54) is 81.9 Å². The third-order valence-electron chi connectivity index (χ3n) is 4.52. The Morgan fingerprint density at radius 2 is 1.21 bits per heavy atom. The second-order valence-electron chi connectivity index (χ2n) is 6.87. The molecule has 0 saturated heterocycles. The lowest BCUT2D eigenvalue weighted by atomic mass is 10.1. The highest BCUT2D eigenvalue weighted by atomic mass is 35.5. The highest BCUT2D eigenvalue weighted by Gasteiger charge is 2.01. The first-order valence-electron chi connectivity index (χ1n) is 9.58. The van der Waals surface area contributed by atoms with E-state index >= 15 is 0 Å². The zero-order chi connectivity index (χ0) is 16.8. The Morgan fingerprint density at radius 1 is 0.750 bits per heavy atom. The highest BCUT2D eigenvalue weighted by molar-refractivity contribution is 6.17. The lowest BCUT2D eigenvalue weighted by Crippen LogP contribution is -2.19. The summed E-state index contributed by atoms with van der Waals surface area (Å²) in [6, 6.07) is 8.67. The van der Waals surface area contributed by atoms with Crippen molar-refractivity contribution in [3.63, 3.8) is 0 Å². The molecule has 0 spiro atoms. The average molecular weight is 374 g/mol. The Hall–Kier alpha value is -0.240. The van der Waals surface area contributed by atoms with Crippen LogP contribution in [0.25, 0.3) is 0 Å². The minimum atomic E-state index is 0. The highest BCUT2D eigenvalue weighted by Crippen LogP contribution is 2.12. The van der Waals surface area contributed by atoms with Gasteiger partial charge in [-0.3, -0.25) is 0 Å². The lowest BCUT2D eigenvalue weighted by molar-refractivity contribution is 0.316. The summed E-state index contributed by atoms with van der Waals surface area (Å²) in [6.45, 7) is 4.53. The van der Waals surface area contributed by atoms with Gasteiger partial charge in [0.1, 0.15) is 0 Å². The number of nitrogens with zero attached hydrogens (tertiary/aromatic N) is 1. The molecule has 1 aromatic rings. The van der Waals surface area contributed by atoms with Crippen molar-refractivity contribution >= 4 is 24.0 Å². The van der Waals surface area contributed by atoms with Crippen LogP contribution < -0.4 is 0 Å². The van der Waals surface area contributed by atoms with Gasteiger partial charge in [-0.15, -0.1) is 24.0 Å². The van der Waals surface area contributed by atoms with Crippen LogP contribution in [0.4, 0.5) is 0 Å². The Bertz CT molecular complexity index is 378. The normalized spacial score (nSPS) is 10.8. The Kier molecular flexibility index (Phi) is 16.1. The molecule has 1 aromatic carbocycles. The van der Waals surface area contributed by atoms with E-state index in [-0.39, 0.29) is 12.4 Å². The monoisotopic (exact) mass is 373 g/mol. The summed E-state index contributed by atoms with van der Waals surface area (Å²) in [5.41, 5.74) is 2.58. The maximum Gasteiger partial charge on any atom is 0.0474 e. The van der Waals surface area contributed by atoms with Crippen LogP contribution in [-0.2, 0) is 12.4 Å². The molecule has 1 nitrogen and oxygen atoms in total. The average Bonchev–Trinajstić information content (AvgIpc) is 2.57. The SMILES string of the molecule is CCCCCCCCCCCCN(C)Cc1ccc(CCl)cc1.Cl. The van der Waals surface area contributed by atoms with Crippen molar-refractivity contribution in [2.45, 2.75) is 83.6 Å². The molecule has 0 N–H and O–H groups in total. The zero-order valence-corrected chi connectivity index (χ0v) is 17.3.